The van der Waals surface area contributed by atoms with Crippen LogP contribution in [-0.4, -0.2) is 62.2 Å². The lowest BCUT2D eigenvalue weighted by Gasteiger charge is -2.36. The average Bonchev–Trinajstić information content (AvgIpc) is 2.62. The van der Waals surface area contributed by atoms with Crippen molar-refractivity contribution in [1.82, 2.24) is 10.2 Å². The molecule has 0 aromatic heterocycles. The van der Waals surface area contributed by atoms with E-state index in [1.807, 2.05) is 0 Å². The summed E-state index contributed by atoms with van der Waals surface area (Å²) >= 11 is 0. The summed E-state index contributed by atoms with van der Waals surface area (Å²) in [6.07, 6.45) is 0. The summed E-state index contributed by atoms with van der Waals surface area (Å²) in [5.41, 5.74) is 1.13. The number of nitrogens with zero attached hydrogens (tertiary/aromatic N) is 1. The molecular weight excluding hydrogens is 322 g/mol. The largest absolute Gasteiger partial charge is 0.482 e. The lowest BCUT2D eigenvalue weighted by atomic mass is 10.0. The molecule has 1 fully saturated rings. The number of carbonyl (C=O) groups is 2. The summed E-state index contributed by atoms with van der Waals surface area (Å²) < 4.78 is 10.8. The number of amides is 2. The van der Waals surface area contributed by atoms with E-state index in [2.05, 4.69) is 29.4 Å². The third-order valence-electron chi connectivity index (χ3n) is 4.63. The minimum absolute atomic E-state index is 0.0233. The molecule has 3 rings (SSSR count). The molecule has 136 valence electrons. The van der Waals surface area contributed by atoms with Crippen LogP contribution in [-0.2, 0) is 9.53 Å². The molecule has 2 N–H and O–H groups in total. The first-order valence-corrected chi connectivity index (χ1v) is 8.71. The highest BCUT2D eigenvalue weighted by Crippen LogP contribution is 2.28. The fourth-order valence-corrected chi connectivity index (χ4v) is 3.21. The number of carbonyl (C=O) groups excluding carboxylic acids is 2. The van der Waals surface area contributed by atoms with Crippen LogP contribution in [0.15, 0.2) is 18.2 Å². The number of fused-ring (bicyclic) bond motifs is 1. The summed E-state index contributed by atoms with van der Waals surface area (Å²) in [6.45, 7) is 8.17. The minimum atomic E-state index is -0.185. The number of ether oxygens (including phenoxy) is 2. The van der Waals surface area contributed by atoms with Crippen molar-refractivity contribution < 1.29 is 19.1 Å². The molecule has 1 saturated heterocycles. The van der Waals surface area contributed by atoms with Gasteiger partial charge in [-0.2, -0.15) is 0 Å². The Bertz CT molecular complexity index is 641. The maximum atomic E-state index is 12.5. The van der Waals surface area contributed by atoms with Gasteiger partial charge in [0.2, 0.25) is 0 Å². The molecule has 1 aromatic rings. The quantitative estimate of drug-likeness (QED) is 0.834. The van der Waals surface area contributed by atoms with E-state index in [1.54, 1.807) is 18.2 Å². The van der Waals surface area contributed by atoms with Crippen LogP contribution in [0.4, 0.5) is 5.69 Å². The summed E-state index contributed by atoms with van der Waals surface area (Å²) in [5, 5.41) is 5.75. The number of anilines is 1. The van der Waals surface area contributed by atoms with Gasteiger partial charge in [-0.1, -0.05) is 13.8 Å². The fraction of sp³-hybridized carbons (Fsp3) is 0.556. The average molecular weight is 347 g/mol. The number of hydrogen-bond donors (Lipinski definition) is 2. The van der Waals surface area contributed by atoms with Crippen molar-refractivity contribution in [2.24, 2.45) is 5.92 Å². The molecule has 2 amide bonds. The van der Waals surface area contributed by atoms with Crippen molar-refractivity contribution in [3.05, 3.63) is 23.8 Å². The van der Waals surface area contributed by atoms with Gasteiger partial charge >= 0.3 is 0 Å². The van der Waals surface area contributed by atoms with E-state index in [0.717, 1.165) is 26.3 Å². The van der Waals surface area contributed by atoms with Crippen molar-refractivity contribution in [3.8, 4) is 5.75 Å². The second-order valence-electron chi connectivity index (χ2n) is 6.72. The fourth-order valence-electron chi connectivity index (χ4n) is 3.21. The maximum absolute atomic E-state index is 12.5. The Morgan fingerprint density at radius 3 is 2.80 bits per heavy atom. The van der Waals surface area contributed by atoms with Gasteiger partial charge in [0.1, 0.15) is 5.75 Å². The molecule has 0 unspecified atom stereocenters. The first-order valence-electron chi connectivity index (χ1n) is 8.71. The van der Waals surface area contributed by atoms with Gasteiger partial charge in [-0.25, -0.2) is 0 Å². The molecule has 0 radical (unpaired) electrons. The number of hydrogen-bond acceptors (Lipinski definition) is 5. The highest BCUT2D eigenvalue weighted by Gasteiger charge is 2.25. The van der Waals surface area contributed by atoms with Crippen LogP contribution in [0.5, 0.6) is 5.75 Å². The van der Waals surface area contributed by atoms with Gasteiger partial charge in [0, 0.05) is 31.2 Å². The van der Waals surface area contributed by atoms with Gasteiger partial charge < -0.3 is 20.1 Å². The van der Waals surface area contributed by atoms with E-state index in [1.165, 1.54) is 0 Å². The predicted octanol–water partition coefficient (Wildman–Crippen LogP) is 1.10. The smallest absolute Gasteiger partial charge is 0.262 e. The van der Waals surface area contributed by atoms with Crippen molar-refractivity contribution in [1.29, 1.82) is 0 Å². The zero-order valence-electron chi connectivity index (χ0n) is 14.7. The van der Waals surface area contributed by atoms with Gasteiger partial charge in [0.05, 0.1) is 18.9 Å². The van der Waals surface area contributed by atoms with E-state index in [-0.39, 0.29) is 24.5 Å². The molecular formula is C18H25N3O4. The van der Waals surface area contributed by atoms with E-state index < -0.39 is 0 Å². The van der Waals surface area contributed by atoms with Crippen molar-refractivity contribution >= 4 is 17.5 Å². The first-order chi connectivity index (χ1) is 12.0. The molecule has 0 aliphatic carbocycles. The number of morpholine rings is 1. The van der Waals surface area contributed by atoms with Gasteiger partial charge in [0.15, 0.2) is 6.61 Å². The molecule has 7 heteroatoms. The van der Waals surface area contributed by atoms with E-state index in [4.69, 9.17) is 9.47 Å². The summed E-state index contributed by atoms with van der Waals surface area (Å²) in [4.78, 5) is 26.2. The minimum Gasteiger partial charge on any atom is -0.482 e. The zero-order chi connectivity index (χ0) is 17.8. The third kappa shape index (κ3) is 4.29. The number of benzene rings is 1. The van der Waals surface area contributed by atoms with Gasteiger partial charge in [-0.15, -0.1) is 0 Å². The van der Waals surface area contributed by atoms with Gasteiger partial charge in [-0.3, -0.25) is 14.5 Å². The van der Waals surface area contributed by atoms with Crippen molar-refractivity contribution in [2.75, 3.05) is 44.8 Å². The zero-order valence-corrected chi connectivity index (χ0v) is 14.7. The number of nitrogens with one attached hydrogen (secondary N) is 2. The van der Waals surface area contributed by atoms with Crippen LogP contribution < -0.4 is 15.4 Å². The van der Waals surface area contributed by atoms with Crippen LogP contribution in [0.1, 0.15) is 24.2 Å². The molecule has 2 heterocycles. The summed E-state index contributed by atoms with van der Waals surface area (Å²) in [5.74, 6) is 0.638. The normalized spacial score (nSPS) is 18.9. The van der Waals surface area contributed by atoms with Crippen LogP contribution in [0.25, 0.3) is 0 Å². The molecule has 0 saturated carbocycles. The van der Waals surface area contributed by atoms with E-state index in [9.17, 15) is 9.59 Å². The lowest BCUT2D eigenvalue weighted by molar-refractivity contribution is -0.118. The molecule has 1 aromatic carbocycles. The van der Waals surface area contributed by atoms with Gasteiger partial charge in [-0.05, 0) is 24.1 Å². The summed E-state index contributed by atoms with van der Waals surface area (Å²) in [7, 11) is 0. The SMILES string of the molecule is CC(C)[C@@H](CNC(=O)c1ccc2c(c1)OCC(=O)N2)N1CCOCC1. The lowest BCUT2D eigenvalue weighted by Crippen LogP contribution is -2.51. The molecule has 1 atom stereocenters. The Hall–Kier alpha value is -2.12. The van der Waals surface area contributed by atoms with E-state index in [0.29, 0.717) is 29.5 Å². The van der Waals surface area contributed by atoms with Crippen LogP contribution in [0, 0.1) is 5.92 Å². The molecule has 0 spiro atoms. The molecule has 0 bridgehead atoms. The molecule has 2 aliphatic rings. The van der Waals surface area contributed by atoms with Crippen molar-refractivity contribution in [2.45, 2.75) is 19.9 Å². The monoisotopic (exact) mass is 347 g/mol. The second-order valence-corrected chi connectivity index (χ2v) is 6.72. The standard InChI is InChI=1S/C18H25N3O4/c1-12(2)15(21-5-7-24-8-6-21)10-19-18(23)13-3-4-14-16(9-13)25-11-17(22)20-14/h3-4,9,12,15H,5-8,10-11H2,1-2H3,(H,19,23)(H,20,22)/t15-/m1/s1. The Labute approximate surface area is 147 Å². The maximum Gasteiger partial charge on any atom is 0.262 e. The highest BCUT2D eigenvalue weighted by molar-refractivity contribution is 5.98. The molecule has 7 nitrogen and oxygen atoms in total. The second kappa shape index (κ2) is 7.84. The number of rotatable bonds is 5. The predicted molar refractivity (Wildman–Crippen MR) is 93.9 cm³/mol. The Balaban J connectivity index is 1.62. The third-order valence-corrected chi connectivity index (χ3v) is 4.63. The Morgan fingerprint density at radius 1 is 1.32 bits per heavy atom. The van der Waals surface area contributed by atoms with Gasteiger partial charge in [0.25, 0.3) is 11.8 Å². The van der Waals surface area contributed by atoms with Crippen LogP contribution in [0.2, 0.25) is 0 Å². The first kappa shape index (κ1) is 17.7. The molecule has 2 aliphatic heterocycles. The highest BCUT2D eigenvalue weighted by atomic mass is 16.5. The Kier molecular flexibility index (Phi) is 5.55. The summed E-state index contributed by atoms with van der Waals surface area (Å²) in [6, 6.07) is 5.34. The Morgan fingerprint density at radius 2 is 2.08 bits per heavy atom. The van der Waals surface area contributed by atoms with Crippen LogP contribution >= 0.6 is 0 Å². The van der Waals surface area contributed by atoms with Crippen molar-refractivity contribution in [3.63, 3.8) is 0 Å². The molecule has 25 heavy (non-hydrogen) atoms. The van der Waals surface area contributed by atoms with E-state index >= 15 is 0 Å². The topological polar surface area (TPSA) is 79.9 Å². The van der Waals surface area contributed by atoms with Crippen LogP contribution in [0.3, 0.4) is 0 Å².